The fourth-order valence-electron chi connectivity index (χ4n) is 1.83. The summed E-state index contributed by atoms with van der Waals surface area (Å²) in [4.78, 5) is 14.2. The summed E-state index contributed by atoms with van der Waals surface area (Å²) in [6, 6.07) is 9.87. The predicted molar refractivity (Wildman–Crippen MR) is 76.2 cm³/mol. The van der Waals surface area contributed by atoms with Crippen molar-refractivity contribution < 1.29 is 0 Å². The average molecular weight is 262 g/mol. The summed E-state index contributed by atoms with van der Waals surface area (Å²) in [6.45, 7) is 5.76. The highest BCUT2D eigenvalue weighted by Gasteiger charge is 2.06. The van der Waals surface area contributed by atoms with Crippen LogP contribution in [0.4, 0.5) is 0 Å². The van der Waals surface area contributed by atoms with Crippen LogP contribution in [0.15, 0.2) is 41.3 Å². The van der Waals surface area contributed by atoms with Crippen molar-refractivity contribution >= 4 is 11.3 Å². The zero-order chi connectivity index (χ0) is 13.0. The fraction of sp³-hybridized carbons (Fsp3) is 0.357. The standard InChI is InChI=1S/C14H18N2OS/c1-11-6-7-13(18-11)12(2)15-8-10-16-9-4-3-5-14(16)17/h3-7,9,12,15H,8,10H2,1-2H3. The smallest absolute Gasteiger partial charge is 0.250 e. The molecule has 0 aromatic carbocycles. The molecule has 2 aromatic rings. The van der Waals surface area contributed by atoms with Crippen molar-refractivity contribution in [2.24, 2.45) is 0 Å². The van der Waals surface area contributed by atoms with E-state index in [0.29, 0.717) is 12.6 Å². The third-order valence-electron chi connectivity index (χ3n) is 2.89. The Morgan fingerprint density at radius 3 is 2.83 bits per heavy atom. The minimum Gasteiger partial charge on any atom is -0.314 e. The highest BCUT2D eigenvalue weighted by Crippen LogP contribution is 2.21. The van der Waals surface area contributed by atoms with Crippen LogP contribution in [0.5, 0.6) is 0 Å². The summed E-state index contributed by atoms with van der Waals surface area (Å²) in [6.07, 6.45) is 1.82. The van der Waals surface area contributed by atoms with E-state index in [1.54, 1.807) is 16.7 Å². The lowest BCUT2D eigenvalue weighted by atomic mass is 10.2. The molecule has 18 heavy (non-hydrogen) atoms. The van der Waals surface area contributed by atoms with Gasteiger partial charge in [-0.15, -0.1) is 11.3 Å². The normalized spacial score (nSPS) is 12.6. The van der Waals surface area contributed by atoms with Crippen LogP contribution < -0.4 is 10.9 Å². The Labute approximate surface area is 111 Å². The molecule has 0 aliphatic carbocycles. The van der Waals surface area contributed by atoms with Crippen LogP contribution in [0, 0.1) is 6.92 Å². The largest absolute Gasteiger partial charge is 0.314 e. The first-order chi connectivity index (χ1) is 8.66. The van der Waals surface area contributed by atoms with E-state index < -0.39 is 0 Å². The Bertz CT molecular complexity index is 559. The molecule has 0 saturated heterocycles. The molecule has 0 spiro atoms. The third kappa shape index (κ3) is 3.31. The van der Waals surface area contributed by atoms with Crippen LogP contribution in [0.1, 0.15) is 22.7 Å². The van der Waals surface area contributed by atoms with Gasteiger partial charge in [0.1, 0.15) is 0 Å². The maximum Gasteiger partial charge on any atom is 0.250 e. The molecular weight excluding hydrogens is 244 g/mol. The van der Waals surface area contributed by atoms with Crippen molar-refractivity contribution in [3.8, 4) is 0 Å². The highest BCUT2D eigenvalue weighted by atomic mass is 32.1. The molecule has 0 saturated carbocycles. The lowest BCUT2D eigenvalue weighted by molar-refractivity contribution is 0.529. The van der Waals surface area contributed by atoms with E-state index in [4.69, 9.17) is 0 Å². The van der Waals surface area contributed by atoms with Crippen LogP contribution in [0.25, 0.3) is 0 Å². The first-order valence-corrected chi connectivity index (χ1v) is 6.93. The zero-order valence-electron chi connectivity index (χ0n) is 10.7. The number of rotatable bonds is 5. The molecule has 4 heteroatoms. The summed E-state index contributed by atoms with van der Waals surface area (Å²) in [7, 11) is 0. The van der Waals surface area contributed by atoms with E-state index in [1.807, 2.05) is 23.6 Å². The van der Waals surface area contributed by atoms with E-state index in [9.17, 15) is 4.79 Å². The quantitative estimate of drug-likeness (QED) is 0.898. The molecule has 96 valence electrons. The number of aryl methyl sites for hydroxylation is 1. The van der Waals surface area contributed by atoms with Gasteiger partial charge in [0, 0.05) is 41.1 Å². The van der Waals surface area contributed by atoms with Crippen LogP contribution in [-0.4, -0.2) is 11.1 Å². The van der Waals surface area contributed by atoms with Gasteiger partial charge in [0.15, 0.2) is 0 Å². The minimum absolute atomic E-state index is 0.0546. The molecule has 2 rings (SSSR count). The van der Waals surface area contributed by atoms with E-state index in [1.165, 1.54) is 9.75 Å². The summed E-state index contributed by atoms with van der Waals surface area (Å²) in [5.74, 6) is 0. The van der Waals surface area contributed by atoms with Gasteiger partial charge in [0.05, 0.1) is 0 Å². The van der Waals surface area contributed by atoms with Crippen LogP contribution in [0.2, 0.25) is 0 Å². The summed E-state index contributed by atoms with van der Waals surface area (Å²) in [5, 5.41) is 3.44. The van der Waals surface area contributed by atoms with Gasteiger partial charge in [0.25, 0.3) is 5.56 Å². The lowest BCUT2D eigenvalue weighted by Gasteiger charge is -2.12. The molecule has 2 aromatic heterocycles. The molecule has 0 radical (unpaired) electrons. The average Bonchev–Trinajstić information content (AvgIpc) is 2.78. The molecular formula is C14H18N2OS. The van der Waals surface area contributed by atoms with Crippen LogP contribution in [-0.2, 0) is 6.54 Å². The second kappa shape index (κ2) is 5.98. The van der Waals surface area contributed by atoms with Gasteiger partial charge in [-0.1, -0.05) is 6.07 Å². The molecule has 0 fully saturated rings. The van der Waals surface area contributed by atoms with Gasteiger partial charge in [-0.3, -0.25) is 4.79 Å². The van der Waals surface area contributed by atoms with Gasteiger partial charge in [0.2, 0.25) is 0 Å². The van der Waals surface area contributed by atoms with Gasteiger partial charge in [-0.2, -0.15) is 0 Å². The second-order valence-corrected chi connectivity index (χ2v) is 5.68. The van der Waals surface area contributed by atoms with Crippen molar-refractivity contribution in [3.05, 3.63) is 56.6 Å². The molecule has 3 nitrogen and oxygen atoms in total. The maximum absolute atomic E-state index is 11.5. The van der Waals surface area contributed by atoms with Gasteiger partial charge >= 0.3 is 0 Å². The van der Waals surface area contributed by atoms with Gasteiger partial charge in [-0.25, -0.2) is 0 Å². The van der Waals surface area contributed by atoms with Crippen LogP contribution in [0.3, 0.4) is 0 Å². The fourth-order valence-corrected chi connectivity index (χ4v) is 2.74. The molecule has 1 N–H and O–H groups in total. The topological polar surface area (TPSA) is 34.0 Å². The number of pyridine rings is 1. The Kier molecular flexibility index (Phi) is 4.33. The maximum atomic E-state index is 11.5. The lowest BCUT2D eigenvalue weighted by Crippen LogP contribution is -2.27. The number of aromatic nitrogens is 1. The number of nitrogens with zero attached hydrogens (tertiary/aromatic N) is 1. The first-order valence-electron chi connectivity index (χ1n) is 6.12. The number of thiophene rings is 1. The molecule has 0 bridgehead atoms. The molecule has 2 heterocycles. The molecule has 1 unspecified atom stereocenters. The van der Waals surface area contributed by atoms with Crippen molar-refractivity contribution in [2.75, 3.05) is 6.54 Å². The van der Waals surface area contributed by atoms with Gasteiger partial charge in [-0.05, 0) is 32.0 Å². The molecule has 0 aliphatic rings. The van der Waals surface area contributed by atoms with Crippen molar-refractivity contribution in [1.29, 1.82) is 0 Å². The molecule has 0 amide bonds. The number of nitrogens with one attached hydrogen (secondary N) is 1. The Morgan fingerprint density at radius 2 is 2.17 bits per heavy atom. The van der Waals surface area contributed by atoms with Crippen molar-refractivity contribution in [1.82, 2.24) is 9.88 Å². The Morgan fingerprint density at radius 1 is 1.33 bits per heavy atom. The molecule has 1 atom stereocenters. The Balaban J connectivity index is 1.86. The summed E-state index contributed by atoms with van der Waals surface area (Å²) in [5.41, 5.74) is 0.0546. The third-order valence-corrected chi connectivity index (χ3v) is 4.07. The summed E-state index contributed by atoms with van der Waals surface area (Å²) >= 11 is 1.81. The second-order valence-electron chi connectivity index (χ2n) is 4.36. The van der Waals surface area contributed by atoms with Crippen LogP contribution >= 0.6 is 11.3 Å². The minimum atomic E-state index is 0.0546. The van der Waals surface area contributed by atoms with E-state index in [2.05, 4.69) is 31.3 Å². The zero-order valence-corrected chi connectivity index (χ0v) is 11.5. The molecule has 0 aliphatic heterocycles. The summed E-state index contributed by atoms with van der Waals surface area (Å²) < 4.78 is 1.72. The van der Waals surface area contributed by atoms with E-state index >= 15 is 0 Å². The van der Waals surface area contributed by atoms with Crippen molar-refractivity contribution in [2.45, 2.75) is 26.4 Å². The van der Waals surface area contributed by atoms with Gasteiger partial charge < -0.3 is 9.88 Å². The number of hydrogen-bond acceptors (Lipinski definition) is 3. The highest BCUT2D eigenvalue weighted by molar-refractivity contribution is 7.12. The first kappa shape index (κ1) is 13.1. The SMILES string of the molecule is Cc1ccc(C(C)NCCn2ccccc2=O)s1. The monoisotopic (exact) mass is 262 g/mol. The van der Waals surface area contributed by atoms with Crippen molar-refractivity contribution in [3.63, 3.8) is 0 Å². The number of hydrogen-bond donors (Lipinski definition) is 1. The van der Waals surface area contributed by atoms with E-state index in [0.717, 1.165) is 6.54 Å². The Hall–Kier alpha value is -1.39. The van der Waals surface area contributed by atoms with E-state index in [-0.39, 0.29) is 5.56 Å². The predicted octanol–water partition coefficient (Wildman–Crippen LogP) is 2.57.